The summed E-state index contributed by atoms with van der Waals surface area (Å²) >= 11 is 0. The molecule has 1 aromatic carbocycles. The van der Waals surface area contributed by atoms with Crippen LogP contribution in [0.4, 0.5) is 0 Å². The molecular formula is C12H16ClNO2S. The van der Waals surface area contributed by atoms with Crippen LogP contribution in [-0.4, -0.2) is 26.4 Å². The van der Waals surface area contributed by atoms with Crippen molar-refractivity contribution in [2.75, 3.05) is 13.1 Å². The van der Waals surface area contributed by atoms with Crippen LogP contribution in [0.15, 0.2) is 29.2 Å². The normalized spacial score (nSPS) is 18.2. The van der Waals surface area contributed by atoms with Crippen LogP contribution < -0.4 is 0 Å². The van der Waals surface area contributed by atoms with Crippen molar-refractivity contribution in [2.45, 2.75) is 30.7 Å². The van der Waals surface area contributed by atoms with Crippen LogP contribution in [0.3, 0.4) is 0 Å². The predicted molar refractivity (Wildman–Crippen MR) is 68.6 cm³/mol. The molecule has 0 unspecified atom stereocenters. The van der Waals surface area contributed by atoms with Crippen molar-refractivity contribution in [3.05, 3.63) is 29.8 Å². The van der Waals surface area contributed by atoms with E-state index in [-0.39, 0.29) is 4.90 Å². The summed E-state index contributed by atoms with van der Waals surface area (Å²) in [6, 6.07) is 6.88. The first-order valence-corrected chi connectivity index (χ1v) is 8.12. The Balaban J connectivity index is 2.11. The number of likely N-dealkylation sites (tertiary alicyclic amines) is 1. The van der Waals surface area contributed by atoms with Crippen molar-refractivity contribution in [2.24, 2.45) is 0 Å². The molecule has 0 aliphatic carbocycles. The Morgan fingerprint density at radius 3 is 2.53 bits per heavy atom. The number of piperidine rings is 1. The Bertz CT molecular complexity index is 481. The fourth-order valence-electron chi connectivity index (χ4n) is 2.17. The molecule has 0 amide bonds. The molecule has 0 spiro atoms. The third-order valence-electron chi connectivity index (χ3n) is 3.03. The SMILES string of the molecule is O=S(=O)(Cl)c1cccc(CN2CCCCC2)c1. The maximum atomic E-state index is 11.2. The summed E-state index contributed by atoms with van der Waals surface area (Å²) in [4.78, 5) is 2.54. The smallest absolute Gasteiger partial charge is 0.261 e. The van der Waals surface area contributed by atoms with E-state index in [0.717, 1.165) is 25.2 Å². The third kappa shape index (κ3) is 3.69. The number of rotatable bonds is 3. The fourth-order valence-corrected chi connectivity index (χ4v) is 2.99. The molecule has 1 heterocycles. The average Bonchev–Trinajstić information content (AvgIpc) is 2.29. The number of nitrogens with zero attached hydrogens (tertiary/aromatic N) is 1. The number of benzene rings is 1. The average molecular weight is 274 g/mol. The highest BCUT2D eigenvalue weighted by Gasteiger charge is 2.13. The van der Waals surface area contributed by atoms with Gasteiger partial charge >= 0.3 is 0 Å². The lowest BCUT2D eigenvalue weighted by Crippen LogP contribution is -2.29. The number of hydrogen-bond donors (Lipinski definition) is 0. The number of hydrogen-bond acceptors (Lipinski definition) is 3. The largest absolute Gasteiger partial charge is 0.299 e. The van der Waals surface area contributed by atoms with Gasteiger partial charge in [0.15, 0.2) is 0 Å². The molecule has 0 bridgehead atoms. The van der Waals surface area contributed by atoms with Gasteiger partial charge in [-0.25, -0.2) is 8.42 Å². The van der Waals surface area contributed by atoms with Gasteiger partial charge in [0.2, 0.25) is 0 Å². The molecule has 1 aliphatic rings. The van der Waals surface area contributed by atoms with Gasteiger partial charge in [-0.1, -0.05) is 18.6 Å². The van der Waals surface area contributed by atoms with Gasteiger partial charge in [-0.15, -0.1) is 0 Å². The lowest BCUT2D eigenvalue weighted by Gasteiger charge is -2.26. The Labute approximate surface area is 107 Å². The third-order valence-corrected chi connectivity index (χ3v) is 4.39. The van der Waals surface area contributed by atoms with E-state index in [1.807, 2.05) is 6.07 Å². The molecule has 2 rings (SSSR count). The highest BCUT2D eigenvalue weighted by atomic mass is 35.7. The van der Waals surface area contributed by atoms with Gasteiger partial charge in [0.05, 0.1) is 4.90 Å². The van der Waals surface area contributed by atoms with E-state index < -0.39 is 9.05 Å². The van der Waals surface area contributed by atoms with Gasteiger partial charge in [0.1, 0.15) is 0 Å². The first-order valence-electron chi connectivity index (χ1n) is 5.82. The highest BCUT2D eigenvalue weighted by Crippen LogP contribution is 2.18. The van der Waals surface area contributed by atoms with Gasteiger partial charge < -0.3 is 0 Å². The van der Waals surface area contributed by atoms with Crippen molar-refractivity contribution in [3.8, 4) is 0 Å². The summed E-state index contributed by atoms with van der Waals surface area (Å²) in [5.74, 6) is 0. The van der Waals surface area contributed by atoms with E-state index in [9.17, 15) is 8.42 Å². The summed E-state index contributed by atoms with van der Waals surface area (Å²) < 4.78 is 22.5. The lowest BCUT2D eigenvalue weighted by molar-refractivity contribution is 0.221. The first kappa shape index (κ1) is 12.9. The summed E-state index contributed by atoms with van der Waals surface area (Å²) in [5.41, 5.74) is 1.01. The topological polar surface area (TPSA) is 37.4 Å². The van der Waals surface area contributed by atoms with Crippen LogP contribution in [0.5, 0.6) is 0 Å². The van der Waals surface area contributed by atoms with Gasteiger partial charge in [-0.3, -0.25) is 4.90 Å². The van der Waals surface area contributed by atoms with Crippen molar-refractivity contribution >= 4 is 19.7 Å². The minimum atomic E-state index is -3.61. The monoisotopic (exact) mass is 273 g/mol. The minimum absolute atomic E-state index is 0.189. The van der Waals surface area contributed by atoms with Crippen LogP contribution in [0, 0.1) is 0 Å². The minimum Gasteiger partial charge on any atom is -0.299 e. The Morgan fingerprint density at radius 1 is 1.18 bits per heavy atom. The lowest BCUT2D eigenvalue weighted by atomic mass is 10.1. The van der Waals surface area contributed by atoms with Gasteiger partial charge in [-0.05, 0) is 43.6 Å². The molecular weight excluding hydrogens is 258 g/mol. The molecule has 3 nitrogen and oxygen atoms in total. The van der Waals surface area contributed by atoms with Crippen molar-refractivity contribution in [3.63, 3.8) is 0 Å². The van der Waals surface area contributed by atoms with Crippen molar-refractivity contribution in [1.82, 2.24) is 4.90 Å². The van der Waals surface area contributed by atoms with Crippen LogP contribution in [0.2, 0.25) is 0 Å². The van der Waals surface area contributed by atoms with E-state index in [1.54, 1.807) is 12.1 Å². The Kier molecular flexibility index (Phi) is 4.07. The summed E-state index contributed by atoms with van der Waals surface area (Å²) in [5, 5.41) is 0. The molecule has 5 heteroatoms. The molecule has 1 saturated heterocycles. The van der Waals surface area contributed by atoms with E-state index in [1.165, 1.54) is 25.3 Å². The maximum Gasteiger partial charge on any atom is 0.261 e. The van der Waals surface area contributed by atoms with Crippen molar-refractivity contribution < 1.29 is 8.42 Å². The van der Waals surface area contributed by atoms with Gasteiger partial charge in [0.25, 0.3) is 9.05 Å². The van der Waals surface area contributed by atoms with Crippen LogP contribution in [0.25, 0.3) is 0 Å². The molecule has 94 valence electrons. The van der Waals surface area contributed by atoms with E-state index in [2.05, 4.69) is 4.90 Å². The van der Waals surface area contributed by atoms with Gasteiger partial charge in [-0.2, -0.15) is 0 Å². The molecule has 0 saturated carbocycles. The fraction of sp³-hybridized carbons (Fsp3) is 0.500. The second-order valence-electron chi connectivity index (χ2n) is 4.42. The molecule has 1 fully saturated rings. The molecule has 0 atom stereocenters. The zero-order valence-corrected chi connectivity index (χ0v) is 11.2. The maximum absolute atomic E-state index is 11.2. The standard InChI is InChI=1S/C12H16ClNO2S/c13-17(15,16)12-6-4-5-11(9-12)10-14-7-2-1-3-8-14/h4-6,9H,1-3,7-8,10H2. The number of halogens is 1. The first-order chi connectivity index (χ1) is 8.05. The summed E-state index contributed by atoms with van der Waals surface area (Å²) in [7, 11) is 1.72. The molecule has 0 aromatic heterocycles. The molecule has 17 heavy (non-hydrogen) atoms. The van der Waals surface area contributed by atoms with Gasteiger partial charge in [0, 0.05) is 17.2 Å². The zero-order valence-electron chi connectivity index (χ0n) is 9.60. The summed E-state index contributed by atoms with van der Waals surface area (Å²) in [6.07, 6.45) is 3.76. The molecule has 0 radical (unpaired) electrons. The van der Waals surface area contributed by atoms with Crippen molar-refractivity contribution in [1.29, 1.82) is 0 Å². The van der Waals surface area contributed by atoms with Crippen LogP contribution in [-0.2, 0) is 15.6 Å². The quantitative estimate of drug-likeness (QED) is 0.795. The van der Waals surface area contributed by atoms with E-state index in [4.69, 9.17) is 10.7 Å². The highest BCUT2D eigenvalue weighted by molar-refractivity contribution is 8.13. The van der Waals surface area contributed by atoms with E-state index >= 15 is 0 Å². The van der Waals surface area contributed by atoms with E-state index in [0.29, 0.717) is 0 Å². The second-order valence-corrected chi connectivity index (χ2v) is 6.99. The molecule has 1 aliphatic heterocycles. The predicted octanol–water partition coefficient (Wildman–Crippen LogP) is 2.60. The molecule has 1 aromatic rings. The summed E-state index contributed by atoms with van der Waals surface area (Å²) in [6.45, 7) is 3.00. The van der Waals surface area contributed by atoms with Crippen LogP contribution in [0.1, 0.15) is 24.8 Å². The Morgan fingerprint density at radius 2 is 1.88 bits per heavy atom. The second kappa shape index (κ2) is 5.38. The van der Waals surface area contributed by atoms with Crippen LogP contribution >= 0.6 is 10.7 Å². The molecule has 0 N–H and O–H groups in total. The zero-order chi connectivity index (χ0) is 12.3. The Hall–Kier alpha value is -0.580.